The largest absolute Gasteiger partial charge is 0.373 e. The van der Waals surface area contributed by atoms with Gasteiger partial charge in [-0.2, -0.15) is 5.10 Å². The summed E-state index contributed by atoms with van der Waals surface area (Å²) in [5.74, 6) is 0. The predicted molar refractivity (Wildman–Crippen MR) is 49.9 cm³/mol. The molecule has 0 aliphatic rings. The van der Waals surface area contributed by atoms with E-state index in [4.69, 9.17) is 4.74 Å². The highest BCUT2D eigenvalue weighted by atomic mass is 16.5. The molecule has 0 bridgehead atoms. The molecule has 1 rings (SSSR count). The molecular weight excluding hydrogens is 152 g/mol. The Bertz CT molecular complexity index is 171. The molecule has 12 heavy (non-hydrogen) atoms. The lowest BCUT2D eigenvalue weighted by molar-refractivity contribution is 0.0636. The maximum Gasteiger partial charge on any atom is 0.0885 e. The predicted octanol–water partition coefficient (Wildman–Crippen LogP) is 2.36. The summed E-state index contributed by atoms with van der Waals surface area (Å²) >= 11 is 0. The Morgan fingerprint density at radius 3 is 2.58 bits per heavy atom. The molecule has 3 heteroatoms. The number of hydrogen-bond donors (Lipinski definition) is 1. The summed E-state index contributed by atoms with van der Waals surface area (Å²) in [7, 11) is 0. The molecule has 0 aromatic carbocycles. The second kappa shape index (κ2) is 6.85. The number of aromatic amines is 1. The monoisotopic (exact) mass is 170 g/mol. The van der Waals surface area contributed by atoms with Gasteiger partial charge < -0.3 is 4.74 Å². The van der Waals surface area contributed by atoms with E-state index in [1.165, 1.54) is 0 Å². The minimum absolute atomic E-state index is 0.281. The smallest absolute Gasteiger partial charge is 0.0885 e. The SMILES string of the molecule is CC.CC(C)OCc1ccn[nH]1. The fourth-order valence-corrected chi connectivity index (χ4v) is 0.622. The van der Waals surface area contributed by atoms with Gasteiger partial charge in [0.1, 0.15) is 0 Å². The molecule has 1 N–H and O–H groups in total. The van der Waals surface area contributed by atoms with Crippen LogP contribution in [0, 0.1) is 0 Å². The number of nitrogens with zero attached hydrogens (tertiary/aromatic N) is 1. The normalized spacial score (nSPS) is 9.42. The highest BCUT2D eigenvalue weighted by Gasteiger charge is 1.95. The average Bonchev–Trinajstić information content (AvgIpc) is 2.56. The Morgan fingerprint density at radius 2 is 2.17 bits per heavy atom. The quantitative estimate of drug-likeness (QED) is 0.756. The van der Waals surface area contributed by atoms with Crippen molar-refractivity contribution in [2.24, 2.45) is 0 Å². The second-order valence-electron chi connectivity index (χ2n) is 2.44. The molecule has 1 aromatic rings. The molecule has 1 aromatic heterocycles. The lowest BCUT2D eigenvalue weighted by atomic mass is 10.4. The van der Waals surface area contributed by atoms with Gasteiger partial charge in [0.15, 0.2) is 0 Å². The van der Waals surface area contributed by atoms with Crippen LogP contribution in [0.1, 0.15) is 33.4 Å². The number of rotatable bonds is 3. The molecule has 0 amide bonds. The van der Waals surface area contributed by atoms with Gasteiger partial charge in [0.25, 0.3) is 0 Å². The van der Waals surface area contributed by atoms with E-state index in [2.05, 4.69) is 10.2 Å². The van der Waals surface area contributed by atoms with Crippen molar-refractivity contribution in [3.63, 3.8) is 0 Å². The average molecular weight is 170 g/mol. The maximum absolute atomic E-state index is 5.31. The summed E-state index contributed by atoms with van der Waals surface area (Å²) in [5.41, 5.74) is 1.02. The Hall–Kier alpha value is -0.830. The van der Waals surface area contributed by atoms with Crippen molar-refractivity contribution in [2.45, 2.75) is 40.4 Å². The topological polar surface area (TPSA) is 37.9 Å². The molecular formula is C9H18N2O. The molecule has 0 aliphatic carbocycles. The van der Waals surface area contributed by atoms with E-state index < -0.39 is 0 Å². The zero-order chi connectivity index (χ0) is 9.40. The lowest BCUT2D eigenvalue weighted by Gasteiger charge is -2.04. The second-order valence-corrected chi connectivity index (χ2v) is 2.44. The van der Waals surface area contributed by atoms with Crippen LogP contribution in [-0.4, -0.2) is 16.3 Å². The fraction of sp³-hybridized carbons (Fsp3) is 0.667. The fourth-order valence-electron chi connectivity index (χ4n) is 0.622. The van der Waals surface area contributed by atoms with Crippen LogP contribution in [0.5, 0.6) is 0 Å². The van der Waals surface area contributed by atoms with E-state index in [1.807, 2.05) is 33.8 Å². The molecule has 0 fully saturated rings. The first kappa shape index (κ1) is 11.2. The van der Waals surface area contributed by atoms with E-state index in [0.29, 0.717) is 6.61 Å². The van der Waals surface area contributed by atoms with Crippen molar-refractivity contribution in [3.05, 3.63) is 18.0 Å². The molecule has 3 nitrogen and oxygen atoms in total. The van der Waals surface area contributed by atoms with Crippen LogP contribution in [0.15, 0.2) is 12.3 Å². The van der Waals surface area contributed by atoms with E-state index >= 15 is 0 Å². The van der Waals surface area contributed by atoms with Crippen LogP contribution >= 0.6 is 0 Å². The number of nitrogens with one attached hydrogen (secondary N) is 1. The molecule has 0 atom stereocenters. The summed E-state index contributed by atoms with van der Waals surface area (Å²) in [6.45, 7) is 8.64. The van der Waals surface area contributed by atoms with Gasteiger partial charge in [-0.3, -0.25) is 5.10 Å². The van der Waals surface area contributed by atoms with Gasteiger partial charge in [0.2, 0.25) is 0 Å². The van der Waals surface area contributed by atoms with E-state index in [9.17, 15) is 0 Å². The van der Waals surface area contributed by atoms with Crippen molar-refractivity contribution in [3.8, 4) is 0 Å². The van der Waals surface area contributed by atoms with Crippen LogP contribution in [0.3, 0.4) is 0 Å². The summed E-state index contributed by atoms with van der Waals surface area (Å²) in [4.78, 5) is 0. The third kappa shape index (κ3) is 4.91. The zero-order valence-corrected chi connectivity index (χ0v) is 8.29. The van der Waals surface area contributed by atoms with Gasteiger partial charge in [-0.15, -0.1) is 0 Å². The van der Waals surface area contributed by atoms with Gasteiger partial charge in [0.05, 0.1) is 18.4 Å². The number of ether oxygens (including phenoxy) is 1. The molecule has 0 aliphatic heterocycles. The van der Waals surface area contributed by atoms with Crippen molar-refractivity contribution >= 4 is 0 Å². The number of H-pyrrole nitrogens is 1. The maximum atomic E-state index is 5.31. The standard InChI is InChI=1S/C7H12N2O.C2H6/c1-6(2)10-5-7-3-4-8-9-7;1-2/h3-4,6H,5H2,1-2H3,(H,8,9);1-2H3. The van der Waals surface area contributed by atoms with Crippen LogP contribution in [0.25, 0.3) is 0 Å². The van der Waals surface area contributed by atoms with Gasteiger partial charge >= 0.3 is 0 Å². The zero-order valence-electron chi connectivity index (χ0n) is 8.29. The third-order valence-electron chi connectivity index (χ3n) is 1.13. The minimum Gasteiger partial charge on any atom is -0.373 e. The molecule has 1 heterocycles. The molecule has 0 spiro atoms. The van der Waals surface area contributed by atoms with Crippen molar-refractivity contribution in [2.75, 3.05) is 0 Å². The van der Waals surface area contributed by atoms with Crippen LogP contribution in [-0.2, 0) is 11.3 Å². The lowest BCUT2D eigenvalue weighted by Crippen LogP contribution is -2.02. The van der Waals surface area contributed by atoms with E-state index in [1.54, 1.807) is 6.20 Å². The van der Waals surface area contributed by atoms with Crippen molar-refractivity contribution < 1.29 is 4.74 Å². The Morgan fingerprint density at radius 1 is 1.50 bits per heavy atom. The Kier molecular flexibility index (Phi) is 6.38. The van der Waals surface area contributed by atoms with Gasteiger partial charge in [-0.1, -0.05) is 13.8 Å². The minimum atomic E-state index is 0.281. The number of hydrogen-bond acceptors (Lipinski definition) is 2. The van der Waals surface area contributed by atoms with Gasteiger partial charge in [0, 0.05) is 6.20 Å². The molecule has 0 radical (unpaired) electrons. The van der Waals surface area contributed by atoms with Gasteiger partial charge in [-0.05, 0) is 19.9 Å². The highest BCUT2D eigenvalue weighted by molar-refractivity contribution is 4.94. The first-order valence-corrected chi connectivity index (χ1v) is 4.39. The van der Waals surface area contributed by atoms with Crippen LogP contribution < -0.4 is 0 Å². The summed E-state index contributed by atoms with van der Waals surface area (Å²) in [5, 5.41) is 6.61. The number of aromatic nitrogens is 2. The van der Waals surface area contributed by atoms with Crippen molar-refractivity contribution in [1.82, 2.24) is 10.2 Å². The first-order chi connectivity index (χ1) is 5.79. The summed E-state index contributed by atoms with van der Waals surface area (Å²) in [6.07, 6.45) is 2.00. The molecule has 0 saturated carbocycles. The first-order valence-electron chi connectivity index (χ1n) is 4.39. The van der Waals surface area contributed by atoms with Crippen LogP contribution in [0.2, 0.25) is 0 Å². The van der Waals surface area contributed by atoms with E-state index in [0.717, 1.165) is 5.69 Å². The summed E-state index contributed by atoms with van der Waals surface area (Å²) < 4.78 is 5.31. The van der Waals surface area contributed by atoms with Crippen molar-refractivity contribution in [1.29, 1.82) is 0 Å². The molecule has 0 saturated heterocycles. The Labute approximate surface area is 74.1 Å². The van der Waals surface area contributed by atoms with Gasteiger partial charge in [-0.25, -0.2) is 0 Å². The van der Waals surface area contributed by atoms with E-state index in [-0.39, 0.29) is 6.10 Å². The molecule has 70 valence electrons. The molecule has 0 unspecified atom stereocenters. The Balaban J connectivity index is 0.000000561. The highest BCUT2D eigenvalue weighted by Crippen LogP contribution is 1.97. The summed E-state index contributed by atoms with van der Waals surface area (Å²) in [6, 6.07) is 1.91. The van der Waals surface area contributed by atoms with Crippen LogP contribution in [0.4, 0.5) is 0 Å². The third-order valence-corrected chi connectivity index (χ3v) is 1.13.